The number of aromatic nitrogens is 2. The second-order valence-electron chi connectivity index (χ2n) is 4.33. The van der Waals surface area contributed by atoms with E-state index < -0.39 is 10.0 Å². The molecule has 0 spiro atoms. The van der Waals surface area contributed by atoms with E-state index in [9.17, 15) is 13.2 Å². The molecule has 1 atom stereocenters. The van der Waals surface area contributed by atoms with E-state index in [-0.39, 0.29) is 24.1 Å². The highest BCUT2D eigenvalue weighted by molar-refractivity contribution is 7.89. The molecule has 19 heavy (non-hydrogen) atoms. The van der Waals surface area contributed by atoms with Gasteiger partial charge in [0, 0.05) is 13.1 Å². The number of amides is 1. The van der Waals surface area contributed by atoms with Gasteiger partial charge in [0.1, 0.15) is 5.51 Å². The van der Waals surface area contributed by atoms with Crippen molar-refractivity contribution < 1.29 is 13.2 Å². The summed E-state index contributed by atoms with van der Waals surface area (Å²) in [7, 11) is -3.22. The van der Waals surface area contributed by atoms with Crippen molar-refractivity contribution in [2.24, 2.45) is 5.92 Å². The van der Waals surface area contributed by atoms with Gasteiger partial charge >= 0.3 is 0 Å². The highest BCUT2D eigenvalue weighted by atomic mass is 32.2. The first kappa shape index (κ1) is 14.4. The van der Waals surface area contributed by atoms with Crippen LogP contribution in [0.1, 0.15) is 19.8 Å². The summed E-state index contributed by atoms with van der Waals surface area (Å²) in [4.78, 5) is 12.0. The van der Waals surface area contributed by atoms with Crippen molar-refractivity contribution in [2.75, 3.05) is 24.2 Å². The van der Waals surface area contributed by atoms with Gasteiger partial charge in [-0.05, 0) is 19.8 Å². The Morgan fingerprint density at radius 3 is 3.05 bits per heavy atom. The van der Waals surface area contributed by atoms with Gasteiger partial charge in [0.2, 0.25) is 21.1 Å². The van der Waals surface area contributed by atoms with Gasteiger partial charge in [-0.2, -0.15) is 0 Å². The minimum Gasteiger partial charge on any atom is -0.300 e. The number of piperidine rings is 1. The number of hydrogen-bond donors (Lipinski definition) is 1. The molecule has 1 aliphatic rings. The van der Waals surface area contributed by atoms with Crippen LogP contribution in [0, 0.1) is 5.92 Å². The zero-order valence-corrected chi connectivity index (χ0v) is 12.2. The molecule has 1 fully saturated rings. The summed E-state index contributed by atoms with van der Waals surface area (Å²) in [6.07, 6.45) is 1.40. The van der Waals surface area contributed by atoms with E-state index in [1.807, 2.05) is 0 Å². The first-order chi connectivity index (χ1) is 9.03. The maximum absolute atomic E-state index is 12.0. The zero-order valence-electron chi connectivity index (χ0n) is 10.6. The topological polar surface area (TPSA) is 92.3 Å². The minimum atomic E-state index is -3.22. The van der Waals surface area contributed by atoms with Crippen LogP contribution >= 0.6 is 11.3 Å². The van der Waals surface area contributed by atoms with E-state index >= 15 is 0 Å². The smallest absolute Gasteiger partial charge is 0.230 e. The zero-order chi connectivity index (χ0) is 13.9. The van der Waals surface area contributed by atoms with Gasteiger partial charge in [0.05, 0.1) is 11.7 Å². The van der Waals surface area contributed by atoms with E-state index in [0.29, 0.717) is 24.5 Å². The van der Waals surface area contributed by atoms with Crippen molar-refractivity contribution in [2.45, 2.75) is 19.8 Å². The Hall–Kier alpha value is -1.06. The molecule has 0 aliphatic carbocycles. The normalized spacial score (nSPS) is 21.2. The number of anilines is 1. The van der Waals surface area contributed by atoms with E-state index in [1.54, 1.807) is 6.92 Å². The Labute approximate surface area is 116 Å². The summed E-state index contributed by atoms with van der Waals surface area (Å²) in [6.45, 7) is 2.36. The molecule has 2 rings (SSSR count). The van der Waals surface area contributed by atoms with Crippen LogP contribution < -0.4 is 5.32 Å². The second-order valence-corrected chi connectivity index (χ2v) is 7.42. The third-order valence-corrected chi connectivity index (χ3v) is 5.56. The van der Waals surface area contributed by atoms with Crippen LogP contribution in [-0.4, -0.2) is 47.7 Å². The van der Waals surface area contributed by atoms with Crippen LogP contribution in [0.2, 0.25) is 0 Å². The highest BCUT2D eigenvalue weighted by Crippen LogP contribution is 2.21. The monoisotopic (exact) mass is 304 g/mol. The lowest BCUT2D eigenvalue weighted by molar-refractivity contribution is -0.120. The van der Waals surface area contributed by atoms with Crippen molar-refractivity contribution in [1.29, 1.82) is 0 Å². The number of rotatable bonds is 4. The average molecular weight is 304 g/mol. The fourth-order valence-corrected chi connectivity index (χ4v) is 3.65. The van der Waals surface area contributed by atoms with Crippen LogP contribution in [0.15, 0.2) is 5.51 Å². The van der Waals surface area contributed by atoms with Gasteiger partial charge in [-0.1, -0.05) is 11.3 Å². The summed E-state index contributed by atoms with van der Waals surface area (Å²) in [5.41, 5.74) is 1.53. The van der Waals surface area contributed by atoms with Gasteiger partial charge in [0.25, 0.3) is 0 Å². The third kappa shape index (κ3) is 3.48. The first-order valence-electron chi connectivity index (χ1n) is 6.08. The van der Waals surface area contributed by atoms with Crippen molar-refractivity contribution in [1.82, 2.24) is 14.5 Å². The fourth-order valence-electron chi connectivity index (χ4n) is 2.03. The van der Waals surface area contributed by atoms with Crippen LogP contribution in [0.5, 0.6) is 0 Å². The lowest BCUT2D eigenvalue weighted by Crippen LogP contribution is -2.44. The number of carbonyl (C=O) groups excluding carboxylic acids is 1. The van der Waals surface area contributed by atoms with E-state index in [1.165, 1.54) is 21.2 Å². The maximum Gasteiger partial charge on any atom is 0.230 e. The first-order valence-corrected chi connectivity index (χ1v) is 8.56. The predicted octanol–water partition coefficient (Wildman–Crippen LogP) is 0.538. The number of sulfonamides is 1. The number of nitrogens with zero attached hydrogens (tertiary/aromatic N) is 3. The number of carbonyl (C=O) groups is 1. The molecule has 1 N–H and O–H groups in total. The van der Waals surface area contributed by atoms with Gasteiger partial charge in [-0.25, -0.2) is 12.7 Å². The maximum atomic E-state index is 12.0. The molecule has 7 nitrogen and oxygen atoms in total. The standard InChI is InChI=1S/C10H16N4O3S2/c1-2-19(16,17)14-5-3-4-8(6-14)9(15)12-10-13-11-7-18-10/h7-8H,2-6H2,1H3,(H,12,13,15). The average Bonchev–Trinajstić information content (AvgIpc) is 2.91. The molecule has 1 saturated heterocycles. The Balaban J connectivity index is 1.99. The van der Waals surface area contributed by atoms with Crippen LogP contribution in [0.4, 0.5) is 5.13 Å². The highest BCUT2D eigenvalue weighted by Gasteiger charge is 2.31. The van der Waals surface area contributed by atoms with Crippen molar-refractivity contribution in [3.8, 4) is 0 Å². The molecule has 1 aromatic rings. The molecule has 0 aromatic carbocycles. The van der Waals surface area contributed by atoms with Crippen molar-refractivity contribution >= 4 is 32.4 Å². The Morgan fingerprint density at radius 1 is 1.63 bits per heavy atom. The molecular formula is C10H16N4O3S2. The summed E-state index contributed by atoms with van der Waals surface area (Å²) in [5.74, 6) is -0.440. The lowest BCUT2D eigenvalue weighted by Gasteiger charge is -2.30. The van der Waals surface area contributed by atoms with E-state index in [0.717, 1.165) is 0 Å². The minimum absolute atomic E-state index is 0.0672. The molecule has 0 saturated carbocycles. The molecule has 1 aromatic heterocycles. The van der Waals surface area contributed by atoms with Crippen LogP contribution in [0.25, 0.3) is 0 Å². The molecule has 1 amide bonds. The lowest BCUT2D eigenvalue weighted by atomic mass is 9.99. The second kappa shape index (κ2) is 5.93. The van der Waals surface area contributed by atoms with E-state index in [4.69, 9.17) is 0 Å². The molecule has 1 unspecified atom stereocenters. The van der Waals surface area contributed by atoms with Gasteiger partial charge in [0.15, 0.2) is 0 Å². The number of nitrogens with one attached hydrogen (secondary N) is 1. The Bertz CT molecular complexity index is 529. The van der Waals surface area contributed by atoms with Crippen molar-refractivity contribution in [3.05, 3.63) is 5.51 Å². The predicted molar refractivity (Wildman–Crippen MR) is 72.3 cm³/mol. The Morgan fingerprint density at radius 2 is 2.42 bits per heavy atom. The summed E-state index contributed by atoms with van der Waals surface area (Å²) in [6, 6.07) is 0. The van der Waals surface area contributed by atoms with Gasteiger partial charge in [-0.3, -0.25) is 4.79 Å². The third-order valence-electron chi connectivity index (χ3n) is 3.10. The van der Waals surface area contributed by atoms with Crippen molar-refractivity contribution in [3.63, 3.8) is 0 Å². The molecular weight excluding hydrogens is 288 g/mol. The van der Waals surface area contributed by atoms with Crippen LogP contribution in [-0.2, 0) is 14.8 Å². The molecule has 0 bridgehead atoms. The summed E-state index contributed by atoms with van der Waals surface area (Å²) >= 11 is 1.24. The molecule has 9 heteroatoms. The molecule has 0 radical (unpaired) electrons. The fraction of sp³-hybridized carbons (Fsp3) is 0.700. The van der Waals surface area contributed by atoms with Gasteiger partial charge in [-0.15, -0.1) is 10.2 Å². The number of hydrogen-bond acceptors (Lipinski definition) is 6. The summed E-state index contributed by atoms with van der Waals surface area (Å²) in [5, 5.41) is 10.5. The summed E-state index contributed by atoms with van der Waals surface area (Å²) < 4.78 is 25.0. The quantitative estimate of drug-likeness (QED) is 0.876. The van der Waals surface area contributed by atoms with Crippen LogP contribution in [0.3, 0.4) is 0 Å². The van der Waals surface area contributed by atoms with Gasteiger partial charge < -0.3 is 5.32 Å². The molecule has 106 valence electrons. The SMILES string of the molecule is CCS(=O)(=O)N1CCCC(C(=O)Nc2nncs2)C1. The molecule has 1 aliphatic heterocycles. The largest absolute Gasteiger partial charge is 0.300 e. The Kier molecular flexibility index (Phi) is 4.48. The molecule has 2 heterocycles. The van der Waals surface area contributed by atoms with E-state index in [2.05, 4.69) is 15.5 Å².